The van der Waals surface area contributed by atoms with E-state index >= 15 is 0 Å². The van der Waals surface area contributed by atoms with Crippen molar-refractivity contribution in [3.8, 4) is 0 Å². The van der Waals surface area contributed by atoms with Gasteiger partial charge in [0.05, 0.1) is 19.4 Å². The summed E-state index contributed by atoms with van der Waals surface area (Å²) in [5.41, 5.74) is 1.08. The summed E-state index contributed by atoms with van der Waals surface area (Å²) in [7, 11) is 2.98. The van der Waals surface area contributed by atoms with Gasteiger partial charge in [-0.2, -0.15) is 0 Å². The highest BCUT2D eigenvalue weighted by Crippen LogP contribution is 2.11. The van der Waals surface area contributed by atoms with Gasteiger partial charge in [0.2, 0.25) is 0 Å². The van der Waals surface area contributed by atoms with Crippen molar-refractivity contribution in [3.05, 3.63) is 11.4 Å². The van der Waals surface area contributed by atoms with E-state index in [-0.39, 0.29) is 0 Å². The first-order chi connectivity index (χ1) is 9.10. The van der Waals surface area contributed by atoms with Crippen LogP contribution in [0, 0.1) is 5.92 Å². The molecule has 0 amide bonds. The molecule has 6 heteroatoms. The van der Waals surface area contributed by atoms with Crippen LogP contribution in [0.4, 0.5) is 0 Å². The fraction of sp³-hybridized carbons (Fsp3) is 0.769. The Morgan fingerprint density at radius 1 is 1.37 bits per heavy atom. The van der Waals surface area contributed by atoms with Crippen LogP contribution < -0.4 is 0 Å². The third-order valence-electron chi connectivity index (χ3n) is 2.91. The summed E-state index contributed by atoms with van der Waals surface area (Å²) >= 11 is 0. The minimum absolute atomic E-state index is 0.295. The molecule has 0 bridgehead atoms. The Morgan fingerprint density at radius 2 is 2.11 bits per heavy atom. The van der Waals surface area contributed by atoms with Crippen molar-refractivity contribution in [2.75, 3.05) is 20.8 Å². The Bertz CT molecular complexity index is 402. The molecule has 1 heterocycles. The second-order valence-corrected chi connectivity index (χ2v) is 4.88. The molecular weight excluding hydrogens is 246 g/mol. The quantitative estimate of drug-likeness (QED) is 0.672. The number of rotatable bonds is 8. The first kappa shape index (κ1) is 15.6. The number of aryl methyl sites for hydroxylation is 1. The summed E-state index contributed by atoms with van der Waals surface area (Å²) < 4.78 is 11.6. The van der Waals surface area contributed by atoms with E-state index in [1.807, 2.05) is 0 Å². The van der Waals surface area contributed by atoms with Crippen LogP contribution in [0.5, 0.6) is 0 Å². The van der Waals surface area contributed by atoms with Gasteiger partial charge in [-0.05, 0) is 18.8 Å². The molecule has 1 aromatic rings. The van der Waals surface area contributed by atoms with Crippen LogP contribution in [0.1, 0.15) is 42.9 Å². The smallest absolute Gasteiger partial charge is 0.360 e. The Kier molecular flexibility index (Phi) is 6.49. The molecule has 0 saturated heterocycles. The summed E-state index contributed by atoms with van der Waals surface area (Å²) in [6, 6.07) is 0. The van der Waals surface area contributed by atoms with Gasteiger partial charge in [-0.1, -0.05) is 19.1 Å². The molecule has 0 radical (unpaired) electrons. The van der Waals surface area contributed by atoms with E-state index in [2.05, 4.69) is 24.2 Å². The molecule has 1 aromatic heterocycles. The minimum atomic E-state index is -0.443. The Hall–Kier alpha value is -1.43. The van der Waals surface area contributed by atoms with Crippen LogP contribution >= 0.6 is 0 Å². The molecule has 0 atom stereocenters. The van der Waals surface area contributed by atoms with Gasteiger partial charge >= 0.3 is 5.97 Å². The van der Waals surface area contributed by atoms with E-state index in [1.54, 1.807) is 11.8 Å². The maximum absolute atomic E-state index is 11.6. The van der Waals surface area contributed by atoms with Gasteiger partial charge in [0.15, 0.2) is 5.69 Å². The molecule has 0 spiro atoms. The molecule has 1 rings (SSSR count). The summed E-state index contributed by atoms with van der Waals surface area (Å²) in [5, 5.41) is 7.97. The summed E-state index contributed by atoms with van der Waals surface area (Å²) in [6.45, 7) is 5.67. The third-order valence-corrected chi connectivity index (χ3v) is 2.91. The number of ether oxygens (including phenoxy) is 2. The number of methoxy groups -OCH3 is 2. The SMILES string of the molecule is COCCc1c(C(=O)OC)nnn1CCCC(C)C. The van der Waals surface area contributed by atoms with E-state index in [0.717, 1.165) is 25.1 Å². The Morgan fingerprint density at radius 3 is 2.68 bits per heavy atom. The van der Waals surface area contributed by atoms with Crippen molar-refractivity contribution >= 4 is 5.97 Å². The number of hydrogen-bond acceptors (Lipinski definition) is 5. The fourth-order valence-corrected chi connectivity index (χ4v) is 1.86. The second kappa shape index (κ2) is 7.89. The van der Waals surface area contributed by atoms with E-state index in [4.69, 9.17) is 9.47 Å². The number of carbonyl (C=O) groups is 1. The van der Waals surface area contributed by atoms with Gasteiger partial charge in [-0.25, -0.2) is 9.48 Å². The predicted molar refractivity (Wildman–Crippen MR) is 71.0 cm³/mol. The topological polar surface area (TPSA) is 66.2 Å². The van der Waals surface area contributed by atoms with Crippen molar-refractivity contribution in [1.29, 1.82) is 0 Å². The highest BCUT2D eigenvalue weighted by Gasteiger charge is 2.19. The highest BCUT2D eigenvalue weighted by atomic mass is 16.5. The maximum atomic E-state index is 11.6. The number of aromatic nitrogens is 3. The number of esters is 1. The zero-order valence-corrected chi connectivity index (χ0v) is 12.2. The normalized spacial score (nSPS) is 11.0. The van der Waals surface area contributed by atoms with E-state index in [0.29, 0.717) is 24.6 Å². The average Bonchev–Trinajstić information content (AvgIpc) is 2.78. The third kappa shape index (κ3) is 4.63. The van der Waals surface area contributed by atoms with Gasteiger partial charge in [0.1, 0.15) is 0 Å². The van der Waals surface area contributed by atoms with Crippen LogP contribution in [0.25, 0.3) is 0 Å². The van der Waals surface area contributed by atoms with Crippen molar-refractivity contribution in [2.24, 2.45) is 5.92 Å². The van der Waals surface area contributed by atoms with E-state index < -0.39 is 5.97 Å². The van der Waals surface area contributed by atoms with Crippen molar-refractivity contribution in [2.45, 2.75) is 39.7 Å². The molecule has 0 aromatic carbocycles. The van der Waals surface area contributed by atoms with Gasteiger partial charge in [0.25, 0.3) is 0 Å². The molecule has 0 saturated carbocycles. The fourth-order valence-electron chi connectivity index (χ4n) is 1.86. The Balaban J connectivity index is 2.78. The van der Waals surface area contributed by atoms with Crippen LogP contribution in [-0.2, 0) is 22.4 Å². The number of carbonyl (C=O) groups excluding carboxylic acids is 1. The lowest BCUT2D eigenvalue weighted by atomic mass is 10.1. The first-order valence-electron chi connectivity index (χ1n) is 6.59. The molecule has 0 aliphatic rings. The van der Waals surface area contributed by atoms with Crippen LogP contribution in [0.3, 0.4) is 0 Å². The van der Waals surface area contributed by atoms with Crippen LogP contribution in [0.15, 0.2) is 0 Å². The molecule has 0 N–H and O–H groups in total. The lowest BCUT2D eigenvalue weighted by Gasteiger charge is -2.08. The first-order valence-corrected chi connectivity index (χ1v) is 6.59. The molecule has 0 unspecified atom stereocenters. The van der Waals surface area contributed by atoms with Crippen molar-refractivity contribution in [1.82, 2.24) is 15.0 Å². The molecule has 0 aliphatic carbocycles. The number of nitrogens with zero attached hydrogens (tertiary/aromatic N) is 3. The second-order valence-electron chi connectivity index (χ2n) is 4.88. The van der Waals surface area contributed by atoms with Gasteiger partial charge < -0.3 is 9.47 Å². The monoisotopic (exact) mass is 269 g/mol. The summed E-state index contributed by atoms with van der Waals surface area (Å²) in [6.07, 6.45) is 2.74. The van der Waals surface area contributed by atoms with E-state index in [9.17, 15) is 4.79 Å². The van der Waals surface area contributed by atoms with Gasteiger partial charge in [-0.3, -0.25) is 0 Å². The molecule has 0 aliphatic heterocycles. The lowest BCUT2D eigenvalue weighted by molar-refractivity contribution is 0.0592. The molecule has 108 valence electrons. The largest absolute Gasteiger partial charge is 0.464 e. The maximum Gasteiger partial charge on any atom is 0.360 e. The van der Waals surface area contributed by atoms with Crippen molar-refractivity contribution < 1.29 is 14.3 Å². The minimum Gasteiger partial charge on any atom is -0.464 e. The zero-order valence-electron chi connectivity index (χ0n) is 12.2. The molecular formula is C13H23N3O3. The zero-order chi connectivity index (χ0) is 14.3. The van der Waals surface area contributed by atoms with Gasteiger partial charge in [0, 0.05) is 20.1 Å². The van der Waals surface area contributed by atoms with Gasteiger partial charge in [-0.15, -0.1) is 5.10 Å². The predicted octanol–water partition coefficient (Wildman–Crippen LogP) is 1.69. The highest BCUT2D eigenvalue weighted by molar-refractivity contribution is 5.88. The summed E-state index contributed by atoms with van der Waals surface area (Å²) in [4.78, 5) is 11.6. The van der Waals surface area contributed by atoms with E-state index in [1.165, 1.54) is 7.11 Å². The molecule has 19 heavy (non-hydrogen) atoms. The lowest BCUT2D eigenvalue weighted by Crippen LogP contribution is -2.12. The van der Waals surface area contributed by atoms with Crippen LogP contribution in [-0.4, -0.2) is 41.8 Å². The summed E-state index contributed by atoms with van der Waals surface area (Å²) in [5.74, 6) is 0.215. The number of hydrogen-bond donors (Lipinski definition) is 0. The van der Waals surface area contributed by atoms with Crippen LogP contribution in [0.2, 0.25) is 0 Å². The molecule has 0 fully saturated rings. The Labute approximate surface area is 114 Å². The van der Waals surface area contributed by atoms with Crippen molar-refractivity contribution in [3.63, 3.8) is 0 Å². The molecule has 6 nitrogen and oxygen atoms in total. The average molecular weight is 269 g/mol. The standard InChI is InChI=1S/C13H23N3O3/c1-10(2)6-5-8-16-11(7-9-18-3)12(14-15-16)13(17)19-4/h10H,5-9H2,1-4H3.